The van der Waals surface area contributed by atoms with Crippen LogP contribution in [0.4, 0.5) is 0 Å². The number of sulfonamides is 1. The molecule has 1 aromatic carbocycles. The van der Waals surface area contributed by atoms with E-state index >= 15 is 0 Å². The topological polar surface area (TPSA) is 104 Å². The Morgan fingerprint density at radius 1 is 1.32 bits per heavy atom. The number of benzene rings is 1. The Bertz CT molecular complexity index is 555. The van der Waals surface area contributed by atoms with Gasteiger partial charge < -0.3 is 10.2 Å². The van der Waals surface area contributed by atoms with Gasteiger partial charge >= 0.3 is 5.97 Å². The molecule has 1 aromatic rings. The fraction of sp³-hybridized carbons (Fsp3) is 0.300. The molecule has 3 N–H and O–H groups in total. The van der Waals surface area contributed by atoms with Crippen molar-refractivity contribution in [2.24, 2.45) is 0 Å². The maximum Gasteiger partial charge on any atom is 0.321 e. The maximum atomic E-state index is 12.0. The minimum absolute atomic E-state index is 0.117. The number of carboxylic acids is 1. The summed E-state index contributed by atoms with van der Waals surface area (Å²) in [5.41, 5.74) is 0. The summed E-state index contributed by atoms with van der Waals surface area (Å²) in [6, 6.07) is 2.65. The first kappa shape index (κ1) is 16.2. The molecular weight excluding hydrogens is 317 g/mol. The molecule has 0 bridgehead atoms. The van der Waals surface area contributed by atoms with E-state index in [-0.39, 0.29) is 21.4 Å². The van der Waals surface area contributed by atoms with Gasteiger partial charge in [-0.3, -0.25) is 4.79 Å². The number of hydrogen-bond acceptors (Lipinski definition) is 4. The molecule has 0 saturated carbocycles. The smallest absolute Gasteiger partial charge is 0.321 e. The van der Waals surface area contributed by atoms with Gasteiger partial charge in [-0.05, 0) is 18.6 Å². The zero-order valence-electron chi connectivity index (χ0n) is 9.51. The highest BCUT2D eigenvalue weighted by Crippen LogP contribution is 2.28. The van der Waals surface area contributed by atoms with Gasteiger partial charge in [0.05, 0.1) is 10.0 Å². The van der Waals surface area contributed by atoms with Crippen LogP contribution in [0.25, 0.3) is 0 Å². The number of rotatable bonds is 6. The molecule has 0 amide bonds. The SMILES string of the molecule is O=C(O)[C@H](CCO)NS(=O)(=O)c1c(Cl)cccc1Cl. The van der Waals surface area contributed by atoms with E-state index < -0.39 is 28.6 Å². The summed E-state index contributed by atoms with van der Waals surface area (Å²) in [6.45, 7) is -0.476. The fourth-order valence-corrected chi connectivity index (χ4v) is 3.71. The highest BCUT2D eigenvalue weighted by atomic mass is 35.5. The minimum Gasteiger partial charge on any atom is -0.480 e. The molecule has 1 atom stereocenters. The molecule has 0 saturated heterocycles. The lowest BCUT2D eigenvalue weighted by Crippen LogP contribution is -2.41. The summed E-state index contributed by atoms with van der Waals surface area (Å²) in [4.78, 5) is 10.5. The number of carboxylic acid groups (broad SMARTS) is 1. The molecule has 0 spiro atoms. The summed E-state index contributed by atoms with van der Waals surface area (Å²) in [5.74, 6) is -1.40. The summed E-state index contributed by atoms with van der Waals surface area (Å²) in [7, 11) is -4.19. The number of nitrogens with one attached hydrogen (secondary N) is 1. The van der Waals surface area contributed by atoms with E-state index in [9.17, 15) is 13.2 Å². The van der Waals surface area contributed by atoms with Crippen molar-refractivity contribution in [2.45, 2.75) is 17.4 Å². The van der Waals surface area contributed by atoms with Crippen molar-refractivity contribution in [3.05, 3.63) is 28.2 Å². The molecule has 0 aromatic heterocycles. The van der Waals surface area contributed by atoms with Crippen molar-refractivity contribution in [1.29, 1.82) is 0 Å². The summed E-state index contributed by atoms with van der Waals surface area (Å²) in [6.07, 6.45) is -0.267. The average molecular weight is 328 g/mol. The first-order chi connectivity index (χ1) is 8.79. The molecule has 0 aliphatic rings. The highest BCUT2D eigenvalue weighted by Gasteiger charge is 2.28. The molecule has 106 valence electrons. The molecular formula is C10H11Cl2NO5S. The van der Waals surface area contributed by atoms with Crippen LogP contribution in [0, 0.1) is 0 Å². The average Bonchev–Trinajstić information content (AvgIpc) is 2.27. The van der Waals surface area contributed by atoms with Crippen LogP contribution in [0.2, 0.25) is 10.0 Å². The highest BCUT2D eigenvalue weighted by molar-refractivity contribution is 7.89. The van der Waals surface area contributed by atoms with Gasteiger partial charge in [0.15, 0.2) is 0 Å². The second-order valence-electron chi connectivity index (χ2n) is 3.58. The number of aliphatic hydroxyl groups excluding tert-OH is 1. The van der Waals surface area contributed by atoms with Gasteiger partial charge in [-0.25, -0.2) is 8.42 Å². The third-order valence-corrected chi connectivity index (χ3v) is 4.63. The number of aliphatic hydroxyl groups is 1. The number of halogens is 2. The Kier molecular flexibility index (Phi) is 5.57. The largest absolute Gasteiger partial charge is 0.480 e. The molecule has 0 aliphatic carbocycles. The van der Waals surface area contributed by atoms with Gasteiger partial charge in [0.2, 0.25) is 10.0 Å². The lowest BCUT2D eigenvalue weighted by atomic mass is 10.2. The summed E-state index contributed by atoms with van der Waals surface area (Å²) < 4.78 is 26.0. The molecule has 0 radical (unpaired) electrons. The Balaban J connectivity index is 3.14. The molecule has 0 heterocycles. The van der Waals surface area contributed by atoms with Crippen LogP contribution in [0.3, 0.4) is 0 Å². The second-order valence-corrected chi connectivity index (χ2v) is 6.04. The third kappa shape index (κ3) is 4.05. The Morgan fingerprint density at radius 3 is 2.26 bits per heavy atom. The number of carbonyl (C=O) groups is 1. The zero-order chi connectivity index (χ0) is 14.6. The van der Waals surface area contributed by atoms with Crippen molar-refractivity contribution in [3.63, 3.8) is 0 Å². The Hall–Kier alpha value is -0.860. The van der Waals surface area contributed by atoms with Gasteiger partial charge in [0, 0.05) is 6.61 Å². The van der Waals surface area contributed by atoms with Crippen LogP contribution >= 0.6 is 23.2 Å². The van der Waals surface area contributed by atoms with Crippen molar-refractivity contribution >= 4 is 39.2 Å². The van der Waals surface area contributed by atoms with Crippen LogP contribution in [0.15, 0.2) is 23.1 Å². The van der Waals surface area contributed by atoms with Crippen LogP contribution in [-0.4, -0.2) is 37.2 Å². The quantitative estimate of drug-likeness (QED) is 0.726. The fourth-order valence-electron chi connectivity index (χ4n) is 1.35. The van der Waals surface area contributed by atoms with Crippen LogP contribution in [-0.2, 0) is 14.8 Å². The van der Waals surface area contributed by atoms with E-state index in [1.807, 2.05) is 4.72 Å². The van der Waals surface area contributed by atoms with E-state index in [0.29, 0.717) is 0 Å². The van der Waals surface area contributed by atoms with Gasteiger partial charge in [-0.15, -0.1) is 0 Å². The number of aliphatic carboxylic acids is 1. The van der Waals surface area contributed by atoms with Crippen molar-refractivity contribution < 1.29 is 23.4 Å². The van der Waals surface area contributed by atoms with Crippen molar-refractivity contribution in [2.75, 3.05) is 6.61 Å². The van der Waals surface area contributed by atoms with Gasteiger partial charge in [0.25, 0.3) is 0 Å². The van der Waals surface area contributed by atoms with E-state index in [4.69, 9.17) is 33.4 Å². The van der Waals surface area contributed by atoms with Crippen LogP contribution in [0.5, 0.6) is 0 Å². The van der Waals surface area contributed by atoms with E-state index in [2.05, 4.69) is 0 Å². The van der Waals surface area contributed by atoms with Gasteiger partial charge in [0.1, 0.15) is 10.9 Å². The molecule has 0 fully saturated rings. The predicted molar refractivity (Wildman–Crippen MR) is 69.9 cm³/mol. The first-order valence-electron chi connectivity index (χ1n) is 5.09. The Morgan fingerprint density at radius 2 is 1.84 bits per heavy atom. The zero-order valence-corrected chi connectivity index (χ0v) is 11.8. The first-order valence-corrected chi connectivity index (χ1v) is 7.33. The third-order valence-electron chi connectivity index (χ3n) is 2.20. The normalized spacial score (nSPS) is 13.2. The minimum atomic E-state index is -4.19. The Labute approximate surface area is 120 Å². The van der Waals surface area contributed by atoms with Crippen LogP contribution in [0.1, 0.15) is 6.42 Å². The van der Waals surface area contributed by atoms with Crippen LogP contribution < -0.4 is 4.72 Å². The standard InChI is InChI=1S/C10H11Cl2NO5S/c11-6-2-1-3-7(12)9(6)19(17,18)13-8(4-5-14)10(15)16/h1-3,8,13-14H,4-5H2,(H,15,16)/t8-/m0/s1. The molecule has 0 unspecified atom stereocenters. The lowest BCUT2D eigenvalue weighted by molar-refractivity contribution is -0.139. The molecule has 9 heteroatoms. The summed E-state index contributed by atoms with van der Waals surface area (Å²) in [5, 5.41) is 17.3. The monoisotopic (exact) mass is 327 g/mol. The van der Waals surface area contributed by atoms with Gasteiger partial charge in [-0.2, -0.15) is 4.72 Å². The summed E-state index contributed by atoms with van der Waals surface area (Å²) >= 11 is 11.5. The lowest BCUT2D eigenvalue weighted by Gasteiger charge is -2.15. The second kappa shape index (κ2) is 6.53. The molecule has 1 rings (SSSR count). The molecule has 6 nitrogen and oxygen atoms in total. The molecule has 19 heavy (non-hydrogen) atoms. The van der Waals surface area contributed by atoms with Gasteiger partial charge in [-0.1, -0.05) is 29.3 Å². The van der Waals surface area contributed by atoms with E-state index in [1.165, 1.54) is 18.2 Å². The molecule has 0 aliphatic heterocycles. The van der Waals surface area contributed by atoms with E-state index in [0.717, 1.165) is 0 Å². The van der Waals surface area contributed by atoms with Crippen molar-refractivity contribution in [3.8, 4) is 0 Å². The van der Waals surface area contributed by atoms with Crippen molar-refractivity contribution in [1.82, 2.24) is 4.72 Å². The maximum absolute atomic E-state index is 12.0. The predicted octanol–water partition coefficient (Wildman–Crippen LogP) is 1.11. The van der Waals surface area contributed by atoms with E-state index in [1.54, 1.807) is 0 Å². The number of hydrogen-bond donors (Lipinski definition) is 3.